The van der Waals surface area contributed by atoms with Gasteiger partial charge in [-0.2, -0.15) is 0 Å². The monoisotopic (exact) mass is 264 g/mol. The van der Waals surface area contributed by atoms with E-state index in [1.54, 1.807) is 0 Å². The van der Waals surface area contributed by atoms with E-state index in [2.05, 4.69) is 23.8 Å². The molecule has 0 aromatic carbocycles. The minimum absolute atomic E-state index is 0.363. The molecule has 0 saturated carbocycles. The number of ether oxygens (including phenoxy) is 1. The van der Waals surface area contributed by atoms with E-state index in [0.29, 0.717) is 28.7 Å². The van der Waals surface area contributed by atoms with Gasteiger partial charge in [0.1, 0.15) is 10.5 Å². The molecule has 3 nitrogen and oxygen atoms in total. The van der Waals surface area contributed by atoms with Crippen LogP contribution in [-0.2, 0) is 11.2 Å². The molecular weight excluding hydrogens is 244 g/mol. The molecule has 1 aromatic rings. The fraction of sp³-hybridized carbons (Fsp3) is 0.714. The van der Waals surface area contributed by atoms with Crippen molar-refractivity contribution < 1.29 is 4.74 Å². The van der Waals surface area contributed by atoms with E-state index in [4.69, 9.17) is 17.0 Å². The van der Waals surface area contributed by atoms with E-state index >= 15 is 0 Å². The highest BCUT2D eigenvalue weighted by molar-refractivity contribution is 7.71. The summed E-state index contributed by atoms with van der Waals surface area (Å²) in [6, 6.07) is 1.99. The average molecular weight is 264 g/mol. The van der Waals surface area contributed by atoms with Gasteiger partial charge in [0, 0.05) is 11.6 Å². The molecule has 2 aliphatic rings. The molecule has 2 aliphatic heterocycles. The van der Waals surface area contributed by atoms with Gasteiger partial charge in [0.05, 0.1) is 12.2 Å². The largest absolute Gasteiger partial charge is 0.374 e. The van der Waals surface area contributed by atoms with Gasteiger partial charge < -0.3 is 9.72 Å². The minimum Gasteiger partial charge on any atom is -0.374 e. The van der Waals surface area contributed by atoms with Crippen molar-refractivity contribution in [3.05, 3.63) is 22.2 Å². The van der Waals surface area contributed by atoms with Gasteiger partial charge in [-0.1, -0.05) is 26.1 Å². The van der Waals surface area contributed by atoms with Crippen LogP contribution < -0.4 is 0 Å². The van der Waals surface area contributed by atoms with Crippen LogP contribution in [-0.4, -0.2) is 22.2 Å². The van der Waals surface area contributed by atoms with E-state index in [-0.39, 0.29) is 0 Å². The molecule has 0 amide bonds. The number of rotatable bonds is 3. The number of aromatic nitrogens is 2. The molecule has 1 N–H and O–H groups in total. The summed E-state index contributed by atoms with van der Waals surface area (Å²) in [4.78, 5) is 8.01. The molecule has 0 spiro atoms. The number of H-pyrrole nitrogens is 1. The van der Waals surface area contributed by atoms with Crippen molar-refractivity contribution in [2.24, 2.45) is 5.92 Å². The first-order valence-electron chi connectivity index (χ1n) is 6.87. The van der Waals surface area contributed by atoms with E-state index in [1.165, 1.54) is 18.5 Å². The Balaban J connectivity index is 1.87. The second-order valence-corrected chi connectivity index (χ2v) is 6.36. The van der Waals surface area contributed by atoms with Gasteiger partial charge in [-0.3, -0.25) is 0 Å². The fourth-order valence-electron chi connectivity index (χ4n) is 3.18. The van der Waals surface area contributed by atoms with E-state index < -0.39 is 0 Å². The first kappa shape index (κ1) is 12.3. The molecule has 3 heterocycles. The summed E-state index contributed by atoms with van der Waals surface area (Å²) in [5.41, 5.74) is 1.21. The smallest absolute Gasteiger partial charge is 0.130 e. The van der Waals surface area contributed by atoms with Gasteiger partial charge in [-0.25, -0.2) is 4.98 Å². The van der Waals surface area contributed by atoms with Gasteiger partial charge in [0.2, 0.25) is 0 Å². The Hall–Kier alpha value is -0.740. The van der Waals surface area contributed by atoms with Gasteiger partial charge in [0.15, 0.2) is 0 Å². The Morgan fingerprint density at radius 3 is 2.94 bits per heavy atom. The molecule has 0 radical (unpaired) electrons. The zero-order chi connectivity index (χ0) is 12.7. The number of nitrogens with zero attached hydrogens (tertiary/aromatic N) is 1. The maximum atomic E-state index is 5.91. The molecule has 3 unspecified atom stereocenters. The van der Waals surface area contributed by atoms with Crippen LogP contribution in [0.2, 0.25) is 0 Å². The molecule has 18 heavy (non-hydrogen) atoms. The van der Waals surface area contributed by atoms with Crippen LogP contribution >= 0.6 is 12.2 Å². The van der Waals surface area contributed by atoms with Crippen molar-refractivity contribution >= 4 is 12.2 Å². The van der Waals surface area contributed by atoms with Crippen LogP contribution in [0.4, 0.5) is 0 Å². The van der Waals surface area contributed by atoms with Gasteiger partial charge >= 0.3 is 0 Å². The lowest BCUT2D eigenvalue weighted by atomic mass is 9.88. The highest BCUT2D eigenvalue weighted by Crippen LogP contribution is 2.43. The first-order chi connectivity index (χ1) is 8.61. The fourth-order valence-corrected chi connectivity index (χ4v) is 3.42. The van der Waals surface area contributed by atoms with Crippen LogP contribution in [0.5, 0.6) is 0 Å². The predicted octanol–water partition coefficient (Wildman–Crippen LogP) is 3.37. The lowest BCUT2D eigenvalue weighted by molar-refractivity contribution is 0.0998. The molecule has 2 bridgehead atoms. The third-order valence-corrected chi connectivity index (χ3v) is 4.11. The van der Waals surface area contributed by atoms with E-state index in [1.807, 2.05) is 6.07 Å². The summed E-state index contributed by atoms with van der Waals surface area (Å²) in [7, 11) is 0. The Bertz CT molecular complexity index is 497. The van der Waals surface area contributed by atoms with Crippen molar-refractivity contribution in [1.82, 2.24) is 9.97 Å². The van der Waals surface area contributed by atoms with Crippen LogP contribution in [0.1, 0.15) is 50.5 Å². The molecule has 3 rings (SSSR count). The Morgan fingerprint density at radius 1 is 1.50 bits per heavy atom. The number of fused-ring (bicyclic) bond motifs is 2. The number of aromatic amines is 1. The maximum absolute atomic E-state index is 5.91. The van der Waals surface area contributed by atoms with Crippen molar-refractivity contribution in [2.75, 3.05) is 0 Å². The second kappa shape index (κ2) is 4.74. The first-order valence-corrected chi connectivity index (χ1v) is 7.28. The van der Waals surface area contributed by atoms with Crippen molar-refractivity contribution in [3.63, 3.8) is 0 Å². The molecule has 98 valence electrons. The summed E-state index contributed by atoms with van der Waals surface area (Å²) in [5.74, 6) is 2.10. The van der Waals surface area contributed by atoms with E-state index in [0.717, 1.165) is 18.7 Å². The van der Waals surface area contributed by atoms with Crippen LogP contribution in [0.25, 0.3) is 0 Å². The SMILES string of the molecule is CC(C)Cc1cc(=S)nc(C2CC3CCC2O3)[nH]1. The molecule has 0 aliphatic carbocycles. The maximum Gasteiger partial charge on any atom is 0.130 e. The van der Waals surface area contributed by atoms with Crippen LogP contribution in [0.3, 0.4) is 0 Å². The molecular formula is C14H20N2OS. The molecule has 2 fully saturated rings. The summed E-state index contributed by atoms with van der Waals surface area (Å²) < 4.78 is 6.62. The van der Waals surface area contributed by atoms with E-state index in [9.17, 15) is 0 Å². The van der Waals surface area contributed by atoms with Crippen LogP contribution in [0, 0.1) is 10.6 Å². The third kappa shape index (κ3) is 2.36. The highest BCUT2D eigenvalue weighted by Gasteiger charge is 2.42. The summed E-state index contributed by atoms with van der Waals surface area (Å²) >= 11 is 5.29. The topological polar surface area (TPSA) is 37.9 Å². The third-order valence-electron chi connectivity index (χ3n) is 3.90. The Morgan fingerprint density at radius 2 is 2.33 bits per heavy atom. The van der Waals surface area contributed by atoms with Gasteiger partial charge in [-0.15, -0.1) is 0 Å². The second-order valence-electron chi connectivity index (χ2n) is 5.94. The highest BCUT2D eigenvalue weighted by atomic mass is 32.1. The van der Waals surface area contributed by atoms with Crippen molar-refractivity contribution in [3.8, 4) is 0 Å². The zero-order valence-electron chi connectivity index (χ0n) is 11.0. The normalized spacial score (nSPS) is 30.3. The summed E-state index contributed by atoms with van der Waals surface area (Å²) in [5, 5.41) is 0. The number of hydrogen-bond donors (Lipinski definition) is 1. The quantitative estimate of drug-likeness (QED) is 0.851. The predicted molar refractivity (Wildman–Crippen MR) is 73.2 cm³/mol. The lowest BCUT2D eigenvalue weighted by Gasteiger charge is -2.18. The Labute approximate surface area is 113 Å². The number of hydrogen-bond acceptors (Lipinski definition) is 3. The minimum atomic E-state index is 0.363. The number of nitrogens with one attached hydrogen (secondary N) is 1. The molecule has 4 heteroatoms. The molecule has 2 saturated heterocycles. The standard InChI is InChI=1S/C14H20N2OS/c1-8(2)5-9-6-13(18)16-14(15-9)11-7-10-3-4-12(11)17-10/h6,8,10-12H,3-5,7H2,1-2H3,(H,15,16,18). The summed E-state index contributed by atoms with van der Waals surface area (Å²) in [6.07, 6.45) is 5.34. The molecule has 1 aromatic heterocycles. The van der Waals surface area contributed by atoms with Crippen LogP contribution in [0.15, 0.2) is 6.07 Å². The zero-order valence-corrected chi connectivity index (χ0v) is 11.8. The van der Waals surface area contributed by atoms with Crippen molar-refractivity contribution in [1.29, 1.82) is 0 Å². The summed E-state index contributed by atoms with van der Waals surface area (Å²) in [6.45, 7) is 4.44. The molecule has 3 atom stereocenters. The van der Waals surface area contributed by atoms with Gasteiger partial charge in [-0.05, 0) is 37.7 Å². The van der Waals surface area contributed by atoms with Crippen molar-refractivity contribution in [2.45, 2.75) is 57.7 Å². The lowest BCUT2D eigenvalue weighted by Crippen LogP contribution is -2.18. The average Bonchev–Trinajstić information content (AvgIpc) is 2.88. The van der Waals surface area contributed by atoms with Gasteiger partial charge in [0.25, 0.3) is 0 Å². The Kier molecular flexibility index (Phi) is 3.24.